The molecule has 24 heavy (non-hydrogen) atoms. The van der Waals surface area contributed by atoms with Crippen LogP contribution in [-0.2, 0) is 6.54 Å². The lowest BCUT2D eigenvalue weighted by molar-refractivity contribution is 0.590. The minimum Gasteiger partial charge on any atom is -0.349 e. The Labute approximate surface area is 137 Å². The van der Waals surface area contributed by atoms with E-state index in [2.05, 4.69) is 25.6 Å². The number of halogens is 2. The molecule has 0 atom stereocenters. The van der Waals surface area contributed by atoms with Gasteiger partial charge in [-0.25, -0.2) is 13.8 Å². The quantitative estimate of drug-likeness (QED) is 0.746. The molecule has 0 unspecified atom stereocenters. The maximum atomic E-state index is 13.7. The van der Waals surface area contributed by atoms with Gasteiger partial charge in [0.25, 0.3) is 0 Å². The van der Waals surface area contributed by atoms with Crippen LogP contribution < -0.4 is 10.6 Å². The maximum absolute atomic E-state index is 13.7. The maximum Gasteiger partial charge on any atom is 0.225 e. The molecule has 3 rings (SSSR count). The standard InChI is InChI=1S/C17H15F2N5/c1-11-9-15(23-16-13(18)6-4-7-14(16)19)24-17(22-11)21-10-12-5-2-3-8-20-12/h2-9H,10H2,1H3,(H2,21,22,23,24). The summed E-state index contributed by atoms with van der Waals surface area (Å²) in [6.45, 7) is 2.22. The first kappa shape index (κ1) is 15.8. The summed E-state index contributed by atoms with van der Waals surface area (Å²) in [5.41, 5.74) is 1.25. The number of hydrogen-bond donors (Lipinski definition) is 2. The molecule has 5 nitrogen and oxygen atoms in total. The lowest BCUT2D eigenvalue weighted by Gasteiger charge is -2.11. The van der Waals surface area contributed by atoms with Gasteiger partial charge in [0, 0.05) is 18.0 Å². The molecule has 1 aromatic carbocycles. The zero-order valence-corrected chi connectivity index (χ0v) is 12.9. The normalized spacial score (nSPS) is 10.5. The average molecular weight is 327 g/mol. The largest absolute Gasteiger partial charge is 0.349 e. The molecule has 2 heterocycles. The average Bonchev–Trinajstić information content (AvgIpc) is 2.57. The van der Waals surface area contributed by atoms with Crippen molar-refractivity contribution in [3.05, 3.63) is 71.7 Å². The van der Waals surface area contributed by atoms with Crippen molar-refractivity contribution in [1.29, 1.82) is 0 Å². The zero-order valence-electron chi connectivity index (χ0n) is 12.9. The van der Waals surface area contributed by atoms with Crippen molar-refractivity contribution < 1.29 is 8.78 Å². The van der Waals surface area contributed by atoms with E-state index in [1.54, 1.807) is 19.2 Å². The molecule has 0 aliphatic heterocycles. The predicted octanol–water partition coefficient (Wildman–Crippen LogP) is 3.81. The van der Waals surface area contributed by atoms with Gasteiger partial charge in [0.05, 0.1) is 12.2 Å². The highest BCUT2D eigenvalue weighted by Gasteiger charge is 2.10. The van der Waals surface area contributed by atoms with Crippen molar-refractivity contribution >= 4 is 17.5 Å². The number of anilines is 3. The molecule has 2 N–H and O–H groups in total. The number of rotatable bonds is 5. The summed E-state index contributed by atoms with van der Waals surface area (Å²) in [7, 11) is 0. The molecule has 3 aromatic rings. The van der Waals surface area contributed by atoms with Crippen LogP contribution in [-0.4, -0.2) is 15.0 Å². The first-order valence-corrected chi connectivity index (χ1v) is 7.32. The summed E-state index contributed by atoms with van der Waals surface area (Å²) in [6.07, 6.45) is 1.70. The van der Waals surface area contributed by atoms with E-state index >= 15 is 0 Å². The number of hydrogen-bond acceptors (Lipinski definition) is 5. The molecule has 2 aromatic heterocycles. The fraction of sp³-hybridized carbons (Fsp3) is 0.118. The van der Waals surface area contributed by atoms with Gasteiger partial charge in [-0.05, 0) is 31.2 Å². The Morgan fingerprint density at radius 3 is 2.50 bits per heavy atom. The van der Waals surface area contributed by atoms with Crippen molar-refractivity contribution in [1.82, 2.24) is 15.0 Å². The van der Waals surface area contributed by atoms with E-state index in [4.69, 9.17) is 0 Å². The van der Waals surface area contributed by atoms with Gasteiger partial charge in [0.2, 0.25) is 5.95 Å². The van der Waals surface area contributed by atoms with Crippen molar-refractivity contribution in [2.24, 2.45) is 0 Å². The van der Waals surface area contributed by atoms with Crippen LogP contribution in [0.2, 0.25) is 0 Å². The summed E-state index contributed by atoms with van der Waals surface area (Å²) in [5.74, 6) is -0.724. The Bertz CT molecular complexity index is 819. The van der Waals surface area contributed by atoms with Crippen molar-refractivity contribution in [3.8, 4) is 0 Å². The lowest BCUT2D eigenvalue weighted by Crippen LogP contribution is -2.08. The van der Waals surface area contributed by atoms with E-state index in [1.807, 2.05) is 18.2 Å². The Kier molecular flexibility index (Phi) is 4.60. The highest BCUT2D eigenvalue weighted by molar-refractivity contribution is 5.59. The van der Waals surface area contributed by atoms with Gasteiger partial charge in [-0.1, -0.05) is 12.1 Å². The Morgan fingerprint density at radius 1 is 1.00 bits per heavy atom. The minimum absolute atomic E-state index is 0.244. The van der Waals surface area contributed by atoms with E-state index in [1.165, 1.54) is 18.2 Å². The number of aryl methyl sites for hydroxylation is 1. The molecule has 0 radical (unpaired) electrons. The summed E-state index contributed by atoms with van der Waals surface area (Å²) < 4.78 is 27.5. The second-order valence-electron chi connectivity index (χ2n) is 5.11. The highest BCUT2D eigenvalue weighted by atomic mass is 19.1. The summed E-state index contributed by atoms with van der Waals surface area (Å²) >= 11 is 0. The van der Waals surface area contributed by atoms with E-state index in [9.17, 15) is 8.78 Å². The van der Waals surface area contributed by atoms with Gasteiger partial charge in [-0.15, -0.1) is 0 Å². The number of benzene rings is 1. The van der Waals surface area contributed by atoms with E-state index < -0.39 is 11.6 Å². The Morgan fingerprint density at radius 2 is 1.79 bits per heavy atom. The minimum atomic E-state index is -0.686. The summed E-state index contributed by atoms with van der Waals surface area (Å²) in [6, 6.07) is 10.9. The Hall–Kier alpha value is -3.09. The highest BCUT2D eigenvalue weighted by Crippen LogP contribution is 2.23. The monoisotopic (exact) mass is 327 g/mol. The van der Waals surface area contributed by atoms with Gasteiger partial charge in [-0.2, -0.15) is 4.98 Å². The molecule has 0 fully saturated rings. The zero-order chi connectivity index (χ0) is 16.9. The molecular formula is C17H15F2N5. The van der Waals surface area contributed by atoms with E-state index in [0.29, 0.717) is 24.0 Å². The van der Waals surface area contributed by atoms with Gasteiger partial charge in [0.15, 0.2) is 0 Å². The SMILES string of the molecule is Cc1cc(Nc2c(F)cccc2F)nc(NCc2ccccn2)n1. The van der Waals surface area contributed by atoms with Crippen LogP contribution in [0.25, 0.3) is 0 Å². The number of para-hydroxylation sites is 1. The molecular weight excluding hydrogens is 312 g/mol. The topological polar surface area (TPSA) is 62.7 Å². The van der Waals surface area contributed by atoms with Crippen LogP contribution in [0.4, 0.5) is 26.2 Å². The van der Waals surface area contributed by atoms with Crippen molar-refractivity contribution in [2.45, 2.75) is 13.5 Å². The fourth-order valence-corrected chi connectivity index (χ4v) is 2.13. The smallest absolute Gasteiger partial charge is 0.225 e. The van der Waals surface area contributed by atoms with Gasteiger partial charge >= 0.3 is 0 Å². The Balaban J connectivity index is 1.79. The van der Waals surface area contributed by atoms with Crippen LogP contribution in [0, 0.1) is 18.6 Å². The van der Waals surface area contributed by atoms with Crippen LogP contribution in [0.15, 0.2) is 48.7 Å². The van der Waals surface area contributed by atoms with Crippen LogP contribution in [0.1, 0.15) is 11.4 Å². The number of pyridine rings is 1. The molecule has 0 spiro atoms. The van der Waals surface area contributed by atoms with Crippen LogP contribution >= 0.6 is 0 Å². The summed E-state index contributed by atoms with van der Waals surface area (Å²) in [4.78, 5) is 12.7. The molecule has 122 valence electrons. The van der Waals surface area contributed by atoms with Crippen molar-refractivity contribution in [3.63, 3.8) is 0 Å². The third-order valence-electron chi connectivity index (χ3n) is 3.22. The van der Waals surface area contributed by atoms with E-state index in [0.717, 1.165) is 5.69 Å². The second-order valence-corrected chi connectivity index (χ2v) is 5.11. The van der Waals surface area contributed by atoms with Gasteiger partial charge in [0.1, 0.15) is 23.1 Å². The molecule has 0 aliphatic rings. The second kappa shape index (κ2) is 6.99. The molecule has 7 heteroatoms. The number of nitrogens with one attached hydrogen (secondary N) is 2. The van der Waals surface area contributed by atoms with Gasteiger partial charge in [-0.3, -0.25) is 4.98 Å². The van der Waals surface area contributed by atoms with E-state index in [-0.39, 0.29) is 5.69 Å². The molecule has 0 bridgehead atoms. The van der Waals surface area contributed by atoms with Crippen LogP contribution in [0.5, 0.6) is 0 Å². The molecule has 0 saturated carbocycles. The predicted molar refractivity (Wildman–Crippen MR) is 88.0 cm³/mol. The number of aromatic nitrogens is 3. The third kappa shape index (κ3) is 3.81. The number of nitrogens with zero attached hydrogens (tertiary/aromatic N) is 3. The first-order valence-electron chi connectivity index (χ1n) is 7.32. The van der Waals surface area contributed by atoms with Crippen molar-refractivity contribution in [2.75, 3.05) is 10.6 Å². The molecule has 0 aliphatic carbocycles. The van der Waals surface area contributed by atoms with Crippen LogP contribution in [0.3, 0.4) is 0 Å². The fourth-order valence-electron chi connectivity index (χ4n) is 2.13. The molecule has 0 saturated heterocycles. The van der Waals surface area contributed by atoms with Gasteiger partial charge < -0.3 is 10.6 Å². The summed E-state index contributed by atoms with van der Waals surface area (Å²) in [5, 5.41) is 5.71. The lowest BCUT2D eigenvalue weighted by atomic mass is 10.3. The molecule has 0 amide bonds. The third-order valence-corrected chi connectivity index (χ3v) is 3.22. The first-order chi connectivity index (χ1) is 11.6.